The van der Waals surface area contributed by atoms with E-state index in [-0.39, 0.29) is 0 Å². The molecule has 1 saturated carbocycles. The van der Waals surface area contributed by atoms with Gasteiger partial charge in [-0.1, -0.05) is 12.8 Å². The van der Waals surface area contributed by atoms with E-state index in [4.69, 9.17) is 5.84 Å². The zero-order valence-corrected chi connectivity index (χ0v) is 11.4. The summed E-state index contributed by atoms with van der Waals surface area (Å²) in [6, 6.07) is 2.76. The topological polar surface area (TPSA) is 67.1 Å². The van der Waals surface area contributed by atoms with E-state index in [1.807, 2.05) is 6.07 Å². The summed E-state index contributed by atoms with van der Waals surface area (Å²) in [5.74, 6) is 6.79. The number of hydrogen-bond donors (Lipinski definition) is 2. The summed E-state index contributed by atoms with van der Waals surface area (Å²) in [6.45, 7) is 2.13. The van der Waals surface area contributed by atoms with Crippen molar-refractivity contribution in [3.8, 4) is 0 Å². The van der Waals surface area contributed by atoms with Crippen LogP contribution in [0, 0.1) is 5.92 Å². The molecule has 3 N–H and O–H groups in total. The van der Waals surface area contributed by atoms with Crippen LogP contribution in [0.2, 0.25) is 0 Å². The van der Waals surface area contributed by atoms with E-state index in [9.17, 15) is 0 Å². The van der Waals surface area contributed by atoms with Gasteiger partial charge in [0.25, 0.3) is 0 Å². The molecule has 3 rings (SSSR count). The molecule has 19 heavy (non-hydrogen) atoms. The zero-order chi connectivity index (χ0) is 13.1. The van der Waals surface area contributed by atoms with E-state index < -0.39 is 0 Å². The molecule has 2 unspecified atom stereocenters. The number of fused-ring (bicyclic) bond motifs is 1. The first-order valence-electron chi connectivity index (χ1n) is 7.39. The van der Waals surface area contributed by atoms with Crippen LogP contribution in [0.3, 0.4) is 0 Å². The quantitative estimate of drug-likeness (QED) is 0.642. The minimum atomic E-state index is 0.509. The predicted molar refractivity (Wildman–Crippen MR) is 75.2 cm³/mol. The maximum atomic E-state index is 5.37. The molecule has 2 fully saturated rings. The Morgan fingerprint density at radius 3 is 3.00 bits per heavy atom. The molecule has 2 atom stereocenters. The minimum absolute atomic E-state index is 0.509. The van der Waals surface area contributed by atoms with E-state index in [0.717, 1.165) is 24.2 Å². The summed E-state index contributed by atoms with van der Waals surface area (Å²) in [5.41, 5.74) is 3.58. The second kappa shape index (κ2) is 5.84. The van der Waals surface area contributed by atoms with Crippen LogP contribution in [0.1, 0.15) is 44.2 Å². The normalized spacial score (nSPS) is 27.8. The molecule has 0 aromatic carbocycles. The number of nitrogen functional groups attached to an aromatic ring is 1. The molecule has 1 aromatic heterocycles. The summed E-state index contributed by atoms with van der Waals surface area (Å²) in [4.78, 5) is 11.1. The van der Waals surface area contributed by atoms with Gasteiger partial charge in [-0.05, 0) is 44.2 Å². The number of likely N-dealkylation sites (tertiary alicyclic amines) is 1. The zero-order valence-electron chi connectivity index (χ0n) is 11.4. The van der Waals surface area contributed by atoms with Crippen molar-refractivity contribution in [2.45, 2.75) is 51.1 Å². The van der Waals surface area contributed by atoms with Gasteiger partial charge in [-0.2, -0.15) is 0 Å². The van der Waals surface area contributed by atoms with Crippen molar-refractivity contribution >= 4 is 5.95 Å². The predicted octanol–water partition coefficient (Wildman–Crippen LogP) is 1.92. The van der Waals surface area contributed by atoms with E-state index in [1.54, 1.807) is 6.20 Å². The van der Waals surface area contributed by atoms with Crippen molar-refractivity contribution in [3.05, 3.63) is 18.0 Å². The third kappa shape index (κ3) is 2.87. The third-order valence-electron chi connectivity index (χ3n) is 4.57. The summed E-state index contributed by atoms with van der Waals surface area (Å²) >= 11 is 0. The van der Waals surface area contributed by atoms with Gasteiger partial charge in [0.15, 0.2) is 0 Å². The smallest absolute Gasteiger partial charge is 0.237 e. The molecule has 1 saturated heterocycles. The van der Waals surface area contributed by atoms with Crippen molar-refractivity contribution < 1.29 is 0 Å². The molecule has 0 amide bonds. The standard InChI is InChI=1S/C14H23N5/c15-18-14-16-8-7-12(17-14)10-19-9-3-5-11-4-1-2-6-13(11)19/h7-8,11,13H,1-6,9-10,15H2,(H,16,17,18). The Hall–Kier alpha value is -1.20. The Balaban J connectivity index is 1.70. The van der Waals surface area contributed by atoms with Gasteiger partial charge < -0.3 is 0 Å². The third-order valence-corrected chi connectivity index (χ3v) is 4.57. The maximum absolute atomic E-state index is 5.37. The van der Waals surface area contributed by atoms with Gasteiger partial charge in [0.2, 0.25) is 5.95 Å². The first kappa shape index (κ1) is 12.8. The molecule has 1 aromatic rings. The van der Waals surface area contributed by atoms with Gasteiger partial charge in [-0.15, -0.1) is 0 Å². The number of piperidine rings is 1. The van der Waals surface area contributed by atoms with E-state index in [1.165, 1.54) is 45.1 Å². The summed E-state index contributed by atoms with van der Waals surface area (Å²) in [6.07, 6.45) is 10.1. The van der Waals surface area contributed by atoms with Crippen molar-refractivity contribution in [2.24, 2.45) is 11.8 Å². The average Bonchev–Trinajstić information content (AvgIpc) is 2.48. The lowest BCUT2D eigenvalue weighted by Crippen LogP contribution is -2.46. The number of anilines is 1. The highest BCUT2D eigenvalue weighted by Gasteiger charge is 2.33. The molecule has 5 nitrogen and oxygen atoms in total. The highest BCUT2D eigenvalue weighted by Crippen LogP contribution is 2.35. The summed E-state index contributed by atoms with van der Waals surface area (Å²) < 4.78 is 0. The molecule has 1 aliphatic heterocycles. The molecule has 5 heteroatoms. The van der Waals surface area contributed by atoms with Gasteiger partial charge >= 0.3 is 0 Å². The summed E-state index contributed by atoms with van der Waals surface area (Å²) in [5, 5.41) is 0. The fraction of sp³-hybridized carbons (Fsp3) is 0.714. The maximum Gasteiger partial charge on any atom is 0.237 e. The van der Waals surface area contributed by atoms with Crippen LogP contribution in [0.4, 0.5) is 5.95 Å². The van der Waals surface area contributed by atoms with Crippen LogP contribution < -0.4 is 11.3 Å². The fourth-order valence-corrected chi connectivity index (χ4v) is 3.69. The highest BCUT2D eigenvalue weighted by molar-refractivity contribution is 5.22. The van der Waals surface area contributed by atoms with Gasteiger partial charge in [0.1, 0.15) is 0 Å². The molecule has 0 spiro atoms. The van der Waals surface area contributed by atoms with Gasteiger partial charge in [-0.3, -0.25) is 10.3 Å². The number of nitrogens with zero attached hydrogens (tertiary/aromatic N) is 3. The molecule has 0 radical (unpaired) electrons. The lowest BCUT2D eigenvalue weighted by atomic mass is 9.78. The number of nitrogens with one attached hydrogen (secondary N) is 1. The Morgan fingerprint density at radius 1 is 1.26 bits per heavy atom. The lowest BCUT2D eigenvalue weighted by molar-refractivity contribution is 0.0537. The lowest BCUT2D eigenvalue weighted by Gasteiger charge is -2.44. The Bertz CT molecular complexity index is 420. The van der Waals surface area contributed by atoms with Crippen LogP contribution in [0.5, 0.6) is 0 Å². The molecule has 104 valence electrons. The molecular formula is C14H23N5. The highest BCUT2D eigenvalue weighted by atomic mass is 15.3. The SMILES string of the molecule is NNc1nccc(CN2CCCC3CCCCC32)n1. The Kier molecular flexibility index (Phi) is 3.94. The molecule has 2 heterocycles. The number of hydrogen-bond acceptors (Lipinski definition) is 5. The number of nitrogens with two attached hydrogens (primary N) is 1. The van der Waals surface area contributed by atoms with E-state index in [2.05, 4.69) is 20.3 Å². The molecule has 1 aliphatic carbocycles. The first-order chi connectivity index (χ1) is 9.36. The molecule has 2 aliphatic rings. The number of rotatable bonds is 3. The van der Waals surface area contributed by atoms with Crippen LogP contribution in [-0.4, -0.2) is 27.5 Å². The van der Waals surface area contributed by atoms with E-state index >= 15 is 0 Å². The van der Waals surface area contributed by atoms with Gasteiger partial charge in [0.05, 0.1) is 5.69 Å². The number of aromatic nitrogens is 2. The molecular weight excluding hydrogens is 238 g/mol. The average molecular weight is 261 g/mol. The number of hydrazine groups is 1. The minimum Gasteiger partial charge on any atom is -0.294 e. The van der Waals surface area contributed by atoms with Gasteiger partial charge in [0, 0.05) is 18.8 Å². The van der Waals surface area contributed by atoms with Crippen LogP contribution in [0.25, 0.3) is 0 Å². The van der Waals surface area contributed by atoms with Crippen molar-refractivity contribution in [1.82, 2.24) is 14.9 Å². The summed E-state index contributed by atoms with van der Waals surface area (Å²) in [7, 11) is 0. The monoisotopic (exact) mass is 261 g/mol. The second-order valence-electron chi connectivity index (χ2n) is 5.74. The van der Waals surface area contributed by atoms with Crippen molar-refractivity contribution in [2.75, 3.05) is 12.0 Å². The largest absolute Gasteiger partial charge is 0.294 e. The Morgan fingerprint density at radius 2 is 2.11 bits per heavy atom. The Labute approximate surface area is 114 Å². The van der Waals surface area contributed by atoms with Crippen LogP contribution in [-0.2, 0) is 6.54 Å². The van der Waals surface area contributed by atoms with Crippen molar-refractivity contribution in [1.29, 1.82) is 0 Å². The van der Waals surface area contributed by atoms with Gasteiger partial charge in [-0.25, -0.2) is 15.8 Å². The fourth-order valence-electron chi connectivity index (χ4n) is 3.69. The second-order valence-corrected chi connectivity index (χ2v) is 5.74. The van der Waals surface area contributed by atoms with Crippen LogP contribution >= 0.6 is 0 Å². The van der Waals surface area contributed by atoms with E-state index in [0.29, 0.717) is 5.95 Å². The molecule has 0 bridgehead atoms. The van der Waals surface area contributed by atoms with Crippen molar-refractivity contribution in [3.63, 3.8) is 0 Å². The first-order valence-corrected chi connectivity index (χ1v) is 7.39. The van der Waals surface area contributed by atoms with Crippen LogP contribution in [0.15, 0.2) is 12.3 Å².